The van der Waals surface area contributed by atoms with Crippen molar-refractivity contribution in [2.45, 2.75) is 25.9 Å². The summed E-state index contributed by atoms with van der Waals surface area (Å²) < 4.78 is 1.98. The third-order valence-electron chi connectivity index (χ3n) is 5.18. The molecule has 1 aliphatic heterocycles. The van der Waals surface area contributed by atoms with Crippen molar-refractivity contribution < 1.29 is 4.79 Å². The maximum Gasteiger partial charge on any atom is 0.253 e. The molecule has 0 unspecified atom stereocenters. The second kappa shape index (κ2) is 7.30. The lowest BCUT2D eigenvalue weighted by molar-refractivity contribution is 0.0859. The van der Waals surface area contributed by atoms with Gasteiger partial charge in [-0.25, -0.2) is 0 Å². The SMILES string of the molecule is C[C@@H]1CN(Cc2ccccn2)CC[C@@H]1NC(=O)c1cc2ccccn2c1. The minimum Gasteiger partial charge on any atom is -0.349 e. The van der Waals surface area contributed by atoms with Gasteiger partial charge in [-0.05, 0) is 42.7 Å². The fourth-order valence-electron chi connectivity index (χ4n) is 3.74. The first-order valence-electron chi connectivity index (χ1n) is 9.19. The Labute approximate surface area is 153 Å². The number of piperidine rings is 1. The highest BCUT2D eigenvalue weighted by atomic mass is 16.1. The van der Waals surface area contributed by atoms with Crippen molar-refractivity contribution >= 4 is 11.4 Å². The van der Waals surface area contributed by atoms with Crippen LogP contribution in [0.2, 0.25) is 0 Å². The lowest BCUT2D eigenvalue weighted by Crippen LogP contribution is -2.49. The van der Waals surface area contributed by atoms with Crippen molar-refractivity contribution in [1.29, 1.82) is 0 Å². The molecule has 0 aliphatic carbocycles. The normalized spacial score (nSPS) is 21.0. The second-order valence-corrected chi connectivity index (χ2v) is 7.16. The standard InChI is InChI=1S/C21H24N4O/c1-16-13-24(15-18-6-2-4-9-22-18)11-8-20(16)23-21(26)17-12-19-7-3-5-10-25(19)14-17/h2-7,9-10,12,14,16,20H,8,11,13,15H2,1H3,(H,23,26)/t16-,20+/m1/s1. The zero-order chi connectivity index (χ0) is 17.9. The molecule has 0 radical (unpaired) electrons. The summed E-state index contributed by atoms with van der Waals surface area (Å²) in [7, 11) is 0. The highest BCUT2D eigenvalue weighted by molar-refractivity contribution is 5.95. The molecule has 3 aromatic heterocycles. The van der Waals surface area contributed by atoms with Crippen LogP contribution in [0.5, 0.6) is 0 Å². The number of amides is 1. The number of carbonyl (C=O) groups is 1. The quantitative estimate of drug-likeness (QED) is 0.789. The molecule has 0 aromatic carbocycles. The van der Waals surface area contributed by atoms with E-state index in [0.29, 0.717) is 5.92 Å². The first kappa shape index (κ1) is 16.8. The molecule has 1 saturated heterocycles. The third-order valence-corrected chi connectivity index (χ3v) is 5.18. The molecule has 0 spiro atoms. The molecule has 4 heterocycles. The molecule has 0 bridgehead atoms. The number of pyridine rings is 2. The molecule has 5 heteroatoms. The van der Waals surface area contributed by atoms with E-state index in [2.05, 4.69) is 28.2 Å². The molecule has 1 aliphatic rings. The van der Waals surface area contributed by atoms with Crippen molar-refractivity contribution in [3.63, 3.8) is 0 Å². The van der Waals surface area contributed by atoms with E-state index in [-0.39, 0.29) is 11.9 Å². The van der Waals surface area contributed by atoms with E-state index in [1.165, 1.54) is 0 Å². The molecular formula is C21H24N4O. The van der Waals surface area contributed by atoms with Crippen LogP contribution in [0.15, 0.2) is 61.1 Å². The maximum absolute atomic E-state index is 12.7. The average Bonchev–Trinajstić information content (AvgIpc) is 3.09. The largest absolute Gasteiger partial charge is 0.349 e. The van der Waals surface area contributed by atoms with Gasteiger partial charge >= 0.3 is 0 Å². The Hall–Kier alpha value is -2.66. The van der Waals surface area contributed by atoms with Crippen LogP contribution in [-0.2, 0) is 6.54 Å². The van der Waals surface area contributed by atoms with E-state index in [9.17, 15) is 4.79 Å². The summed E-state index contributed by atoms with van der Waals surface area (Å²) in [6, 6.07) is 14.2. The van der Waals surface area contributed by atoms with Gasteiger partial charge in [-0.1, -0.05) is 19.1 Å². The predicted octanol–water partition coefficient (Wildman–Crippen LogP) is 2.97. The molecular weight excluding hydrogens is 324 g/mol. The molecule has 1 fully saturated rings. The van der Waals surface area contributed by atoms with Gasteiger partial charge in [0.25, 0.3) is 5.91 Å². The van der Waals surface area contributed by atoms with E-state index in [1.54, 1.807) is 0 Å². The Morgan fingerprint density at radius 2 is 2.15 bits per heavy atom. The minimum atomic E-state index is 0.0173. The highest BCUT2D eigenvalue weighted by Crippen LogP contribution is 2.19. The number of nitrogens with zero attached hydrogens (tertiary/aromatic N) is 3. The molecule has 2 atom stereocenters. The van der Waals surface area contributed by atoms with E-state index in [4.69, 9.17) is 0 Å². The molecule has 134 valence electrons. The molecule has 0 saturated carbocycles. The monoisotopic (exact) mass is 348 g/mol. The van der Waals surface area contributed by atoms with Crippen LogP contribution in [0.3, 0.4) is 0 Å². The summed E-state index contributed by atoms with van der Waals surface area (Å²) in [5, 5.41) is 3.24. The van der Waals surface area contributed by atoms with E-state index in [1.807, 2.05) is 59.4 Å². The van der Waals surface area contributed by atoms with Crippen molar-refractivity contribution in [3.05, 3.63) is 72.3 Å². The topological polar surface area (TPSA) is 49.6 Å². The van der Waals surface area contributed by atoms with Gasteiger partial charge in [-0.3, -0.25) is 14.7 Å². The fraction of sp³-hybridized carbons (Fsp3) is 0.333. The maximum atomic E-state index is 12.7. The van der Waals surface area contributed by atoms with Gasteiger partial charge < -0.3 is 9.72 Å². The van der Waals surface area contributed by atoms with Gasteiger partial charge in [-0.15, -0.1) is 0 Å². The summed E-state index contributed by atoms with van der Waals surface area (Å²) in [4.78, 5) is 19.5. The molecule has 3 aromatic rings. The zero-order valence-corrected chi connectivity index (χ0v) is 15.0. The summed E-state index contributed by atoms with van der Waals surface area (Å²) in [5.74, 6) is 0.428. The van der Waals surface area contributed by atoms with Crippen LogP contribution in [0.1, 0.15) is 29.4 Å². The van der Waals surface area contributed by atoms with Gasteiger partial charge in [0.2, 0.25) is 0 Å². The Morgan fingerprint density at radius 3 is 2.92 bits per heavy atom. The number of nitrogens with one attached hydrogen (secondary N) is 1. The third kappa shape index (κ3) is 3.63. The van der Waals surface area contributed by atoms with Crippen molar-refractivity contribution in [1.82, 2.24) is 19.6 Å². The first-order chi connectivity index (χ1) is 12.7. The van der Waals surface area contributed by atoms with Gasteiger partial charge in [0.05, 0.1) is 11.3 Å². The summed E-state index contributed by atoms with van der Waals surface area (Å²) in [5.41, 5.74) is 2.86. The number of aromatic nitrogens is 2. The Balaban J connectivity index is 1.36. The first-order valence-corrected chi connectivity index (χ1v) is 9.19. The van der Waals surface area contributed by atoms with Gasteiger partial charge in [0.15, 0.2) is 0 Å². The average molecular weight is 348 g/mol. The summed E-state index contributed by atoms with van der Waals surface area (Å²) in [6.07, 6.45) is 6.66. The van der Waals surface area contributed by atoms with Gasteiger partial charge in [0.1, 0.15) is 0 Å². The lowest BCUT2D eigenvalue weighted by atomic mass is 9.93. The number of likely N-dealkylation sites (tertiary alicyclic amines) is 1. The van der Waals surface area contributed by atoms with Crippen molar-refractivity contribution in [2.75, 3.05) is 13.1 Å². The Kier molecular flexibility index (Phi) is 4.71. The Morgan fingerprint density at radius 1 is 1.27 bits per heavy atom. The number of rotatable bonds is 4. The fourth-order valence-corrected chi connectivity index (χ4v) is 3.74. The van der Waals surface area contributed by atoms with Crippen LogP contribution in [0, 0.1) is 5.92 Å². The van der Waals surface area contributed by atoms with Crippen LogP contribution in [0.25, 0.3) is 5.52 Å². The van der Waals surface area contributed by atoms with E-state index in [0.717, 1.165) is 42.8 Å². The highest BCUT2D eigenvalue weighted by Gasteiger charge is 2.27. The molecule has 1 amide bonds. The van der Waals surface area contributed by atoms with Crippen molar-refractivity contribution in [3.8, 4) is 0 Å². The van der Waals surface area contributed by atoms with Crippen LogP contribution >= 0.6 is 0 Å². The number of carbonyl (C=O) groups excluding carboxylic acids is 1. The molecule has 1 N–H and O–H groups in total. The summed E-state index contributed by atoms with van der Waals surface area (Å²) >= 11 is 0. The minimum absolute atomic E-state index is 0.0173. The molecule has 26 heavy (non-hydrogen) atoms. The summed E-state index contributed by atoms with van der Waals surface area (Å²) in [6.45, 7) is 5.03. The smallest absolute Gasteiger partial charge is 0.253 e. The Bertz CT molecular complexity index is 856. The number of hydrogen-bond donors (Lipinski definition) is 1. The van der Waals surface area contributed by atoms with Gasteiger partial charge in [0, 0.05) is 49.8 Å². The van der Waals surface area contributed by atoms with Crippen LogP contribution in [-0.4, -0.2) is 39.3 Å². The molecule has 4 rings (SSSR count). The van der Waals surface area contributed by atoms with Crippen LogP contribution in [0.4, 0.5) is 0 Å². The lowest BCUT2D eigenvalue weighted by Gasteiger charge is -2.37. The second-order valence-electron chi connectivity index (χ2n) is 7.16. The van der Waals surface area contributed by atoms with Crippen LogP contribution < -0.4 is 5.32 Å². The van der Waals surface area contributed by atoms with Crippen molar-refractivity contribution in [2.24, 2.45) is 5.92 Å². The molecule has 5 nitrogen and oxygen atoms in total. The predicted molar refractivity (Wildman–Crippen MR) is 102 cm³/mol. The van der Waals surface area contributed by atoms with Gasteiger partial charge in [-0.2, -0.15) is 0 Å². The zero-order valence-electron chi connectivity index (χ0n) is 15.0. The number of fused-ring (bicyclic) bond motifs is 1. The van der Waals surface area contributed by atoms with E-state index >= 15 is 0 Å². The van der Waals surface area contributed by atoms with E-state index < -0.39 is 0 Å². The number of hydrogen-bond acceptors (Lipinski definition) is 3.